The van der Waals surface area contributed by atoms with Crippen LogP contribution in [0.3, 0.4) is 0 Å². The number of nitrogens with one attached hydrogen (secondary N) is 1. The van der Waals surface area contributed by atoms with Crippen LogP contribution in [-0.4, -0.2) is 59.6 Å². The van der Waals surface area contributed by atoms with Gasteiger partial charge in [-0.15, -0.1) is 11.3 Å². The highest BCUT2D eigenvalue weighted by Crippen LogP contribution is 2.39. The molecule has 0 bridgehead atoms. The molecular weight excluding hydrogens is 464 g/mol. The molecule has 180 valence electrons. The zero-order valence-corrected chi connectivity index (χ0v) is 20.1. The highest BCUT2D eigenvalue weighted by atomic mass is 32.1. The van der Waals surface area contributed by atoms with Crippen LogP contribution in [0.1, 0.15) is 38.8 Å². The number of amides is 2. The molecule has 0 spiro atoms. The van der Waals surface area contributed by atoms with Gasteiger partial charge in [0.2, 0.25) is 12.7 Å². The highest BCUT2D eigenvalue weighted by molar-refractivity contribution is 7.16. The van der Waals surface area contributed by atoms with Crippen molar-refractivity contribution >= 4 is 28.3 Å². The van der Waals surface area contributed by atoms with Crippen molar-refractivity contribution in [1.82, 2.24) is 14.8 Å². The quantitative estimate of drug-likeness (QED) is 0.590. The second-order valence-electron chi connectivity index (χ2n) is 9.03. The van der Waals surface area contributed by atoms with Crippen LogP contribution in [0.25, 0.3) is 0 Å². The van der Waals surface area contributed by atoms with E-state index in [0.717, 1.165) is 54.5 Å². The minimum Gasteiger partial charge on any atom is -0.454 e. The van der Waals surface area contributed by atoms with Crippen LogP contribution in [0, 0.1) is 0 Å². The Kier molecular flexibility index (Phi) is 5.87. The fraction of sp³-hybridized carbons (Fsp3) is 0.346. The third-order valence-corrected chi connectivity index (χ3v) is 7.85. The predicted octanol–water partition coefficient (Wildman–Crippen LogP) is 3.50. The number of ether oxygens (including phenoxy) is 2. The second kappa shape index (κ2) is 9.31. The first-order valence-corrected chi connectivity index (χ1v) is 12.7. The number of aromatic nitrogens is 1. The lowest BCUT2D eigenvalue weighted by atomic mass is 10.0. The summed E-state index contributed by atoms with van der Waals surface area (Å²) in [6.45, 7) is 4.17. The van der Waals surface area contributed by atoms with Crippen molar-refractivity contribution in [2.45, 2.75) is 25.3 Å². The van der Waals surface area contributed by atoms with Gasteiger partial charge in [-0.25, -0.2) is 4.98 Å². The van der Waals surface area contributed by atoms with E-state index in [0.29, 0.717) is 23.8 Å². The zero-order valence-electron chi connectivity index (χ0n) is 19.2. The van der Waals surface area contributed by atoms with Crippen LogP contribution in [0.4, 0.5) is 5.13 Å². The molecule has 1 aromatic heterocycles. The summed E-state index contributed by atoms with van der Waals surface area (Å²) < 4.78 is 10.9. The highest BCUT2D eigenvalue weighted by Gasteiger charge is 2.36. The first-order chi connectivity index (χ1) is 17.1. The van der Waals surface area contributed by atoms with E-state index in [4.69, 9.17) is 9.47 Å². The molecule has 0 unspecified atom stereocenters. The number of rotatable bonds is 5. The van der Waals surface area contributed by atoms with Crippen molar-refractivity contribution in [2.75, 3.05) is 38.3 Å². The minimum absolute atomic E-state index is 0.151. The SMILES string of the molecule is O=C(Nc1nc2c(s1)CC[C@H]2C(=O)N1CCN(Cc2ccc3c(c2)OCO3)CC1)c1ccccc1. The molecule has 1 aliphatic carbocycles. The summed E-state index contributed by atoms with van der Waals surface area (Å²) in [5.74, 6) is 1.35. The van der Waals surface area contributed by atoms with E-state index in [1.165, 1.54) is 16.9 Å². The van der Waals surface area contributed by atoms with E-state index in [9.17, 15) is 9.59 Å². The number of hydrogen-bond donors (Lipinski definition) is 1. The van der Waals surface area contributed by atoms with Crippen molar-refractivity contribution in [3.05, 3.63) is 70.2 Å². The third-order valence-electron chi connectivity index (χ3n) is 6.80. The molecule has 6 rings (SSSR count). The van der Waals surface area contributed by atoms with E-state index in [-0.39, 0.29) is 24.5 Å². The molecule has 2 amide bonds. The van der Waals surface area contributed by atoms with E-state index in [1.54, 1.807) is 12.1 Å². The summed E-state index contributed by atoms with van der Waals surface area (Å²) >= 11 is 1.48. The maximum atomic E-state index is 13.4. The smallest absolute Gasteiger partial charge is 0.257 e. The number of benzene rings is 2. The molecule has 2 aromatic carbocycles. The van der Waals surface area contributed by atoms with Crippen LogP contribution < -0.4 is 14.8 Å². The Labute approximate surface area is 207 Å². The average Bonchev–Trinajstić information content (AvgIpc) is 3.60. The van der Waals surface area contributed by atoms with Gasteiger partial charge >= 0.3 is 0 Å². The summed E-state index contributed by atoms with van der Waals surface area (Å²) in [4.78, 5) is 35.9. The number of thiazole rings is 1. The van der Waals surface area contributed by atoms with Gasteiger partial charge in [-0.2, -0.15) is 0 Å². The molecule has 0 radical (unpaired) electrons. The molecule has 1 N–H and O–H groups in total. The Morgan fingerprint density at radius 3 is 2.66 bits per heavy atom. The molecule has 1 fully saturated rings. The van der Waals surface area contributed by atoms with Crippen molar-refractivity contribution in [3.8, 4) is 11.5 Å². The Hall–Kier alpha value is -3.43. The molecular formula is C26H26N4O4S. The van der Waals surface area contributed by atoms with Gasteiger partial charge in [0, 0.05) is 43.2 Å². The van der Waals surface area contributed by atoms with E-state index in [2.05, 4.69) is 21.3 Å². The molecule has 0 saturated carbocycles. The van der Waals surface area contributed by atoms with Crippen LogP contribution in [0.2, 0.25) is 0 Å². The van der Waals surface area contributed by atoms with Gasteiger partial charge in [0.15, 0.2) is 16.6 Å². The van der Waals surface area contributed by atoms with Crippen LogP contribution in [0.5, 0.6) is 11.5 Å². The zero-order chi connectivity index (χ0) is 23.8. The normalized spacial score (nSPS) is 19.0. The van der Waals surface area contributed by atoms with Gasteiger partial charge in [0.05, 0.1) is 11.6 Å². The lowest BCUT2D eigenvalue weighted by molar-refractivity contribution is -0.134. The molecule has 2 aliphatic heterocycles. The van der Waals surface area contributed by atoms with Crippen LogP contribution in [0.15, 0.2) is 48.5 Å². The Balaban J connectivity index is 1.05. The summed E-state index contributed by atoms with van der Waals surface area (Å²) in [7, 11) is 0. The molecule has 8 nitrogen and oxygen atoms in total. The van der Waals surface area contributed by atoms with E-state index < -0.39 is 0 Å². The fourth-order valence-electron chi connectivity index (χ4n) is 4.92. The van der Waals surface area contributed by atoms with E-state index in [1.807, 2.05) is 35.2 Å². The predicted molar refractivity (Wildman–Crippen MR) is 132 cm³/mol. The summed E-state index contributed by atoms with van der Waals surface area (Å²) in [6, 6.07) is 15.2. The Morgan fingerprint density at radius 2 is 1.83 bits per heavy atom. The molecule has 3 heterocycles. The van der Waals surface area contributed by atoms with Crippen molar-refractivity contribution in [2.24, 2.45) is 0 Å². The standard InChI is InChI=1S/C26H26N4O4S/c31-24(18-4-2-1-3-5-18)28-26-27-23-19(7-9-22(23)35-26)25(32)30-12-10-29(11-13-30)15-17-6-8-20-21(14-17)34-16-33-20/h1-6,8,14,19H,7,9-13,15-16H2,(H,27,28,31)/t19-/m1/s1. The van der Waals surface area contributed by atoms with Gasteiger partial charge in [-0.05, 0) is 42.7 Å². The lowest BCUT2D eigenvalue weighted by Gasteiger charge is -2.36. The number of anilines is 1. The largest absolute Gasteiger partial charge is 0.454 e. The van der Waals surface area contributed by atoms with Crippen LogP contribution >= 0.6 is 11.3 Å². The third kappa shape index (κ3) is 4.49. The number of piperazine rings is 1. The molecule has 1 saturated heterocycles. The Morgan fingerprint density at radius 1 is 1.03 bits per heavy atom. The van der Waals surface area contributed by atoms with E-state index >= 15 is 0 Å². The first-order valence-electron chi connectivity index (χ1n) is 11.9. The van der Waals surface area contributed by atoms with Crippen molar-refractivity contribution in [1.29, 1.82) is 0 Å². The number of hydrogen-bond acceptors (Lipinski definition) is 7. The molecule has 35 heavy (non-hydrogen) atoms. The summed E-state index contributed by atoms with van der Waals surface area (Å²) in [5, 5.41) is 3.46. The van der Waals surface area contributed by atoms with Crippen molar-refractivity contribution in [3.63, 3.8) is 0 Å². The first kappa shape index (κ1) is 22.1. The van der Waals surface area contributed by atoms with Gasteiger partial charge < -0.3 is 14.4 Å². The average molecular weight is 491 g/mol. The number of carbonyl (C=O) groups is 2. The Bertz CT molecular complexity index is 1250. The molecule has 1 atom stereocenters. The van der Waals surface area contributed by atoms with Crippen molar-refractivity contribution < 1.29 is 19.1 Å². The summed E-state index contributed by atoms with van der Waals surface area (Å²) in [5.41, 5.74) is 2.61. The van der Waals surface area contributed by atoms with Gasteiger partial charge in [-0.1, -0.05) is 24.3 Å². The second-order valence-corrected chi connectivity index (χ2v) is 10.1. The van der Waals surface area contributed by atoms with Gasteiger partial charge in [0.25, 0.3) is 5.91 Å². The molecule has 3 aromatic rings. The summed E-state index contributed by atoms with van der Waals surface area (Å²) in [6.07, 6.45) is 1.62. The topological polar surface area (TPSA) is 84.0 Å². The fourth-order valence-corrected chi connectivity index (χ4v) is 5.96. The number of fused-ring (bicyclic) bond motifs is 2. The monoisotopic (exact) mass is 490 g/mol. The lowest BCUT2D eigenvalue weighted by Crippen LogP contribution is -2.49. The molecule has 9 heteroatoms. The van der Waals surface area contributed by atoms with Crippen LogP contribution in [-0.2, 0) is 17.8 Å². The number of carbonyl (C=O) groups excluding carboxylic acids is 2. The maximum absolute atomic E-state index is 13.4. The molecule has 3 aliphatic rings. The number of nitrogens with zero attached hydrogens (tertiary/aromatic N) is 3. The number of aryl methyl sites for hydroxylation is 1. The van der Waals surface area contributed by atoms with Gasteiger partial charge in [0.1, 0.15) is 0 Å². The maximum Gasteiger partial charge on any atom is 0.257 e. The van der Waals surface area contributed by atoms with Gasteiger partial charge in [-0.3, -0.25) is 19.8 Å². The minimum atomic E-state index is -0.218.